The molecule has 0 heterocycles. The van der Waals surface area contributed by atoms with Crippen molar-refractivity contribution >= 4 is 6.03 Å². The number of nitrogens with zero attached hydrogens (tertiary/aromatic N) is 1. The van der Waals surface area contributed by atoms with E-state index in [1.165, 1.54) is 24.8 Å². The monoisotopic (exact) mass is 290 g/mol. The first-order chi connectivity index (χ1) is 10.3. The Hall–Kier alpha value is -1.55. The zero-order valence-corrected chi connectivity index (χ0v) is 12.8. The molecule has 1 saturated carbocycles. The summed E-state index contributed by atoms with van der Waals surface area (Å²) in [6.45, 7) is 3.12. The first-order valence-corrected chi connectivity index (χ1v) is 7.97. The average molecular weight is 290 g/mol. The molecule has 0 bridgehead atoms. The molecule has 1 fully saturated rings. The summed E-state index contributed by atoms with van der Waals surface area (Å²) in [5.74, 6) is 0.536. The molecule has 1 atom stereocenters. The van der Waals surface area contributed by atoms with E-state index < -0.39 is 0 Å². The Labute approximate surface area is 127 Å². The van der Waals surface area contributed by atoms with Gasteiger partial charge in [0.05, 0.1) is 12.6 Å². The molecule has 1 aliphatic rings. The van der Waals surface area contributed by atoms with Crippen molar-refractivity contribution in [3.63, 3.8) is 0 Å². The first-order valence-electron chi connectivity index (χ1n) is 7.97. The molecule has 1 aliphatic carbocycles. The van der Waals surface area contributed by atoms with Crippen LogP contribution in [0.4, 0.5) is 4.79 Å². The number of hydrogen-bond acceptors (Lipinski definition) is 2. The fourth-order valence-electron chi connectivity index (χ4n) is 2.84. The molecule has 0 aromatic heterocycles. The molecule has 21 heavy (non-hydrogen) atoms. The molecule has 0 aliphatic heterocycles. The lowest BCUT2D eigenvalue weighted by Gasteiger charge is -2.36. The molecule has 1 aromatic rings. The lowest BCUT2D eigenvalue weighted by Crippen LogP contribution is -2.45. The maximum absolute atomic E-state index is 12.5. The van der Waals surface area contributed by atoms with Crippen molar-refractivity contribution in [3.8, 4) is 0 Å². The summed E-state index contributed by atoms with van der Waals surface area (Å²) in [7, 11) is 0. The molecule has 2 N–H and O–H groups in total. The summed E-state index contributed by atoms with van der Waals surface area (Å²) < 4.78 is 0. The van der Waals surface area contributed by atoms with E-state index >= 15 is 0 Å². The van der Waals surface area contributed by atoms with E-state index in [9.17, 15) is 4.79 Å². The third-order valence-corrected chi connectivity index (χ3v) is 4.21. The third-order valence-electron chi connectivity index (χ3n) is 4.21. The highest BCUT2D eigenvalue weighted by Gasteiger charge is 2.30. The van der Waals surface area contributed by atoms with Gasteiger partial charge in [0.15, 0.2) is 0 Å². The van der Waals surface area contributed by atoms with Crippen LogP contribution in [0.2, 0.25) is 0 Å². The maximum Gasteiger partial charge on any atom is 0.317 e. The average Bonchev–Trinajstić information content (AvgIpc) is 2.45. The molecule has 0 saturated heterocycles. The van der Waals surface area contributed by atoms with Crippen LogP contribution in [0.5, 0.6) is 0 Å². The van der Waals surface area contributed by atoms with Gasteiger partial charge >= 0.3 is 6.03 Å². The maximum atomic E-state index is 12.5. The van der Waals surface area contributed by atoms with Gasteiger partial charge in [-0.05, 0) is 30.7 Å². The Balaban J connectivity index is 2.05. The van der Waals surface area contributed by atoms with Crippen molar-refractivity contribution in [1.29, 1.82) is 0 Å². The summed E-state index contributed by atoms with van der Waals surface area (Å²) in [5, 5.41) is 12.3. The van der Waals surface area contributed by atoms with Crippen LogP contribution in [-0.4, -0.2) is 35.7 Å². The standard InChI is InChI=1S/C17H26N2O2/c1-2-11-19(12-13-20)17(21)18-16(15-9-6-10-15)14-7-4-3-5-8-14/h3-5,7-8,15-16,20H,2,6,9-13H2,1H3,(H,18,21). The summed E-state index contributed by atoms with van der Waals surface area (Å²) >= 11 is 0. The molecular formula is C17H26N2O2. The zero-order valence-electron chi connectivity index (χ0n) is 12.8. The predicted octanol–water partition coefficient (Wildman–Crippen LogP) is 2.94. The molecule has 0 spiro atoms. The van der Waals surface area contributed by atoms with Crippen molar-refractivity contribution in [2.75, 3.05) is 19.7 Å². The number of amides is 2. The van der Waals surface area contributed by atoms with Gasteiger partial charge in [0.2, 0.25) is 0 Å². The van der Waals surface area contributed by atoms with Crippen molar-refractivity contribution < 1.29 is 9.90 Å². The number of urea groups is 1. The smallest absolute Gasteiger partial charge is 0.317 e. The molecule has 4 nitrogen and oxygen atoms in total. The second-order valence-corrected chi connectivity index (χ2v) is 5.74. The number of rotatable bonds is 7. The number of aliphatic hydroxyl groups is 1. The van der Waals surface area contributed by atoms with Gasteiger partial charge < -0.3 is 15.3 Å². The number of benzene rings is 1. The number of carbonyl (C=O) groups excluding carboxylic acids is 1. The minimum Gasteiger partial charge on any atom is -0.395 e. The van der Waals surface area contributed by atoms with E-state index in [1.807, 2.05) is 25.1 Å². The normalized spacial score (nSPS) is 16.1. The van der Waals surface area contributed by atoms with E-state index in [2.05, 4.69) is 17.4 Å². The van der Waals surface area contributed by atoms with Crippen LogP contribution >= 0.6 is 0 Å². The van der Waals surface area contributed by atoms with Crippen LogP contribution in [0.25, 0.3) is 0 Å². The van der Waals surface area contributed by atoms with E-state index in [-0.39, 0.29) is 18.7 Å². The number of aliphatic hydroxyl groups excluding tert-OH is 1. The SMILES string of the molecule is CCCN(CCO)C(=O)NC(c1ccccc1)C1CCC1. The largest absolute Gasteiger partial charge is 0.395 e. The second kappa shape index (κ2) is 8.03. The zero-order chi connectivity index (χ0) is 15.1. The lowest BCUT2D eigenvalue weighted by atomic mass is 9.77. The van der Waals surface area contributed by atoms with Crippen LogP contribution in [0.3, 0.4) is 0 Å². The van der Waals surface area contributed by atoms with E-state index in [0.29, 0.717) is 19.0 Å². The van der Waals surface area contributed by atoms with Gasteiger partial charge in [-0.15, -0.1) is 0 Å². The van der Waals surface area contributed by atoms with Gasteiger partial charge in [-0.2, -0.15) is 0 Å². The number of nitrogens with one attached hydrogen (secondary N) is 1. The van der Waals surface area contributed by atoms with Gasteiger partial charge in [-0.3, -0.25) is 0 Å². The summed E-state index contributed by atoms with van der Waals surface area (Å²) in [6, 6.07) is 10.2. The van der Waals surface area contributed by atoms with Crippen LogP contribution in [0.15, 0.2) is 30.3 Å². The van der Waals surface area contributed by atoms with Crippen molar-refractivity contribution in [2.24, 2.45) is 5.92 Å². The molecule has 116 valence electrons. The van der Waals surface area contributed by atoms with Crippen LogP contribution in [-0.2, 0) is 0 Å². The fraction of sp³-hybridized carbons (Fsp3) is 0.588. The van der Waals surface area contributed by atoms with Crippen LogP contribution in [0, 0.1) is 5.92 Å². The second-order valence-electron chi connectivity index (χ2n) is 5.74. The number of hydrogen-bond donors (Lipinski definition) is 2. The Bertz CT molecular complexity index is 426. The molecule has 2 rings (SSSR count). The lowest BCUT2D eigenvalue weighted by molar-refractivity contribution is 0.161. The molecule has 1 aromatic carbocycles. The highest BCUT2D eigenvalue weighted by Crippen LogP contribution is 2.37. The molecule has 2 amide bonds. The van der Waals surface area contributed by atoms with Gasteiger partial charge in [-0.25, -0.2) is 4.79 Å². The van der Waals surface area contributed by atoms with Gasteiger partial charge in [0.25, 0.3) is 0 Å². The summed E-state index contributed by atoms with van der Waals surface area (Å²) in [4.78, 5) is 14.2. The van der Waals surface area contributed by atoms with Crippen LogP contribution in [0.1, 0.15) is 44.2 Å². The van der Waals surface area contributed by atoms with Gasteiger partial charge in [0, 0.05) is 13.1 Å². The molecular weight excluding hydrogens is 264 g/mol. The number of carbonyl (C=O) groups is 1. The Morgan fingerprint density at radius 3 is 2.57 bits per heavy atom. The van der Waals surface area contributed by atoms with Gasteiger partial charge in [-0.1, -0.05) is 43.7 Å². The Morgan fingerprint density at radius 1 is 1.33 bits per heavy atom. The summed E-state index contributed by atoms with van der Waals surface area (Å²) in [6.07, 6.45) is 4.49. The Morgan fingerprint density at radius 2 is 2.05 bits per heavy atom. The highest BCUT2D eigenvalue weighted by molar-refractivity contribution is 5.74. The van der Waals surface area contributed by atoms with Crippen molar-refractivity contribution in [1.82, 2.24) is 10.2 Å². The molecule has 4 heteroatoms. The molecule has 0 radical (unpaired) electrons. The third kappa shape index (κ3) is 4.21. The fourth-order valence-corrected chi connectivity index (χ4v) is 2.84. The Kier molecular flexibility index (Phi) is 6.05. The van der Waals surface area contributed by atoms with Crippen molar-refractivity contribution in [2.45, 2.75) is 38.6 Å². The minimum absolute atomic E-state index is 0.00680. The van der Waals surface area contributed by atoms with E-state index in [4.69, 9.17) is 5.11 Å². The van der Waals surface area contributed by atoms with E-state index in [1.54, 1.807) is 4.90 Å². The highest BCUT2D eigenvalue weighted by atomic mass is 16.3. The van der Waals surface area contributed by atoms with Crippen LogP contribution < -0.4 is 5.32 Å². The quantitative estimate of drug-likeness (QED) is 0.811. The van der Waals surface area contributed by atoms with Gasteiger partial charge in [0.1, 0.15) is 0 Å². The van der Waals surface area contributed by atoms with Crippen molar-refractivity contribution in [3.05, 3.63) is 35.9 Å². The predicted molar refractivity (Wildman–Crippen MR) is 84.0 cm³/mol. The molecule has 1 unspecified atom stereocenters. The summed E-state index contributed by atoms with van der Waals surface area (Å²) in [5.41, 5.74) is 1.18. The first kappa shape index (κ1) is 15.8. The minimum atomic E-state index is -0.0633. The topological polar surface area (TPSA) is 52.6 Å². The van der Waals surface area contributed by atoms with E-state index in [0.717, 1.165) is 6.42 Å².